The lowest BCUT2D eigenvalue weighted by Gasteiger charge is -2.16. The maximum absolute atomic E-state index is 11.5. The van der Waals surface area contributed by atoms with Crippen molar-refractivity contribution >= 4 is 5.97 Å². The molecule has 0 spiro atoms. The van der Waals surface area contributed by atoms with Crippen LogP contribution in [0.1, 0.15) is 117 Å². The van der Waals surface area contributed by atoms with E-state index in [1.807, 2.05) is 0 Å². The second-order valence-corrected chi connectivity index (χ2v) is 8.12. The molecule has 0 aliphatic rings. The average molecular weight is 369 g/mol. The first-order chi connectivity index (χ1) is 12.5. The number of ether oxygens (including phenoxy) is 1. The monoisotopic (exact) mass is 368 g/mol. The van der Waals surface area contributed by atoms with Crippen molar-refractivity contribution in [2.24, 2.45) is 0 Å². The lowest BCUT2D eigenvalue weighted by atomic mass is 10.1. The fraction of sp³-hybridized carbons (Fsp3) is 0.870. The number of allylic oxidation sites excluding steroid dienone is 2. The summed E-state index contributed by atoms with van der Waals surface area (Å²) in [6.07, 6.45) is 22.1. The SMILES string of the molecule is CCCCCCCC/C=C\CCCCCCCC(=O)OCCC(C)(C)O. The second-order valence-electron chi connectivity index (χ2n) is 8.12. The smallest absolute Gasteiger partial charge is 0.305 e. The fourth-order valence-electron chi connectivity index (χ4n) is 2.83. The minimum atomic E-state index is -0.761. The molecule has 0 unspecified atom stereocenters. The van der Waals surface area contributed by atoms with Crippen LogP contribution in [0, 0.1) is 0 Å². The molecule has 0 amide bonds. The quantitative estimate of drug-likeness (QED) is 0.166. The maximum atomic E-state index is 11.5. The molecule has 0 aliphatic heterocycles. The molecule has 0 atom stereocenters. The zero-order valence-electron chi connectivity index (χ0n) is 17.7. The molecular formula is C23H44O3. The minimum Gasteiger partial charge on any atom is -0.466 e. The molecule has 3 nitrogen and oxygen atoms in total. The highest BCUT2D eigenvalue weighted by atomic mass is 16.5. The molecule has 0 saturated carbocycles. The zero-order valence-corrected chi connectivity index (χ0v) is 17.7. The van der Waals surface area contributed by atoms with Crippen LogP contribution in [0.15, 0.2) is 12.2 Å². The van der Waals surface area contributed by atoms with Gasteiger partial charge in [0, 0.05) is 12.8 Å². The van der Waals surface area contributed by atoms with E-state index >= 15 is 0 Å². The molecule has 0 aliphatic carbocycles. The summed E-state index contributed by atoms with van der Waals surface area (Å²) in [7, 11) is 0. The standard InChI is InChI=1S/C23H44O3/c1-4-5-6-7-8-9-10-11-12-13-14-15-16-17-18-19-22(24)26-21-20-23(2,3)25/h11-12,25H,4-10,13-21H2,1-3H3/b12-11-. The van der Waals surface area contributed by atoms with Gasteiger partial charge in [-0.15, -0.1) is 0 Å². The van der Waals surface area contributed by atoms with Crippen LogP contribution in [0.4, 0.5) is 0 Å². The van der Waals surface area contributed by atoms with Gasteiger partial charge in [-0.05, 0) is 46.0 Å². The highest BCUT2D eigenvalue weighted by Gasteiger charge is 2.13. The van der Waals surface area contributed by atoms with E-state index in [1.54, 1.807) is 13.8 Å². The normalized spacial score (nSPS) is 12.0. The minimum absolute atomic E-state index is 0.133. The summed E-state index contributed by atoms with van der Waals surface area (Å²) in [5.41, 5.74) is -0.761. The predicted molar refractivity (Wildman–Crippen MR) is 111 cm³/mol. The molecule has 0 rings (SSSR count). The van der Waals surface area contributed by atoms with E-state index in [9.17, 15) is 9.90 Å². The number of unbranched alkanes of at least 4 members (excludes halogenated alkanes) is 11. The van der Waals surface area contributed by atoms with Gasteiger partial charge < -0.3 is 9.84 Å². The molecule has 0 saturated heterocycles. The number of esters is 1. The first kappa shape index (κ1) is 25.2. The predicted octanol–water partition coefficient (Wildman–Crippen LogP) is 6.73. The van der Waals surface area contributed by atoms with Gasteiger partial charge in [0.1, 0.15) is 0 Å². The zero-order chi connectivity index (χ0) is 19.5. The van der Waals surface area contributed by atoms with Crippen LogP contribution in [-0.2, 0) is 9.53 Å². The Labute approximate surface area is 162 Å². The van der Waals surface area contributed by atoms with Crippen molar-refractivity contribution in [2.45, 2.75) is 123 Å². The molecule has 0 fully saturated rings. The third kappa shape index (κ3) is 21.2. The number of rotatable bonds is 18. The molecule has 0 bridgehead atoms. The van der Waals surface area contributed by atoms with E-state index in [0.29, 0.717) is 19.4 Å². The third-order valence-corrected chi connectivity index (χ3v) is 4.62. The molecule has 0 heterocycles. The van der Waals surface area contributed by atoms with Gasteiger partial charge in [0.05, 0.1) is 12.2 Å². The first-order valence-electron chi connectivity index (χ1n) is 11.0. The molecule has 154 valence electrons. The van der Waals surface area contributed by atoms with Crippen LogP contribution in [-0.4, -0.2) is 23.3 Å². The Morgan fingerprint density at radius 3 is 1.88 bits per heavy atom. The Morgan fingerprint density at radius 2 is 1.35 bits per heavy atom. The molecule has 0 aromatic carbocycles. The Bertz CT molecular complexity index is 342. The van der Waals surface area contributed by atoms with E-state index in [1.165, 1.54) is 70.6 Å². The first-order valence-corrected chi connectivity index (χ1v) is 11.0. The van der Waals surface area contributed by atoms with Gasteiger partial charge in [0.2, 0.25) is 0 Å². The summed E-state index contributed by atoms with van der Waals surface area (Å²) < 4.78 is 5.13. The summed E-state index contributed by atoms with van der Waals surface area (Å²) in [6.45, 7) is 6.03. The van der Waals surface area contributed by atoms with Crippen molar-refractivity contribution in [3.63, 3.8) is 0 Å². The van der Waals surface area contributed by atoms with Crippen LogP contribution in [0.3, 0.4) is 0 Å². The molecule has 0 radical (unpaired) electrons. The van der Waals surface area contributed by atoms with E-state index in [0.717, 1.165) is 12.8 Å². The van der Waals surface area contributed by atoms with E-state index in [2.05, 4.69) is 19.1 Å². The topological polar surface area (TPSA) is 46.5 Å². The summed E-state index contributed by atoms with van der Waals surface area (Å²) in [6, 6.07) is 0. The number of aliphatic hydroxyl groups is 1. The lowest BCUT2D eigenvalue weighted by Crippen LogP contribution is -2.22. The highest BCUT2D eigenvalue weighted by molar-refractivity contribution is 5.69. The molecule has 3 heteroatoms. The van der Waals surface area contributed by atoms with Crippen molar-refractivity contribution < 1.29 is 14.6 Å². The van der Waals surface area contributed by atoms with Crippen molar-refractivity contribution in [3.8, 4) is 0 Å². The number of hydrogen-bond donors (Lipinski definition) is 1. The van der Waals surface area contributed by atoms with Gasteiger partial charge in [-0.2, -0.15) is 0 Å². The molecule has 26 heavy (non-hydrogen) atoms. The van der Waals surface area contributed by atoms with Crippen molar-refractivity contribution in [2.75, 3.05) is 6.61 Å². The number of carbonyl (C=O) groups excluding carboxylic acids is 1. The van der Waals surface area contributed by atoms with Crippen LogP contribution in [0.2, 0.25) is 0 Å². The van der Waals surface area contributed by atoms with Crippen molar-refractivity contribution in [1.29, 1.82) is 0 Å². The summed E-state index contributed by atoms with van der Waals surface area (Å²) in [4.78, 5) is 11.5. The Hall–Kier alpha value is -0.830. The van der Waals surface area contributed by atoms with E-state index < -0.39 is 5.60 Å². The van der Waals surface area contributed by atoms with Gasteiger partial charge in [-0.25, -0.2) is 0 Å². The van der Waals surface area contributed by atoms with Gasteiger partial charge in [-0.3, -0.25) is 4.79 Å². The van der Waals surface area contributed by atoms with E-state index in [-0.39, 0.29) is 5.97 Å². The number of hydrogen-bond acceptors (Lipinski definition) is 3. The molecule has 0 aromatic rings. The van der Waals surface area contributed by atoms with E-state index in [4.69, 9.17) is 4.74 Å². The van der Waals surface area contributed by atoms with Gasteiger partial charge in [0.25, 0.3) is 0 Å². The largest absolute Gasteiger partial charge is 0.466 e. The van der Waals surface area contributed by atoms with Gasteiger partial charge in [-0.1, -0.05) is 70.4 Å². The lowest BCUT2D eigenvalue weighted by molar-refractivity contribution is -0.145. The third-order valence-electron chi connectivity index (χ3n) is 4.62. The van der Waals surface area contributed by atoms with Crippen LogP contribution >= 0.6 is 0 Å². The van der Waals surface area contributed by atoms with Gasteiger partial charge >= 0.3 is 5.97 Å². The average Bonchev–Trinajstić information content (AvgIpc) is 2.57. The summed E-state index contributed by atoms with van der Waals surface area (Å²) >= 11 is 0. The van der Waals surface area contributed by atoms with Crippen LogP contribution in [0.5, 0.6) is 0 Å². The number of carbonyl (C=O) groups is 1. The summed E-state index contributed by atoms with van der Waals surface area (Å²) in [5, 5.41) is 9.55. The van der Waals surface area contributed by atoms with Gasteiger partial charge in [0.15, 0.2) is 0 Å². The van der Waals surface area contributed by atoms with Crippen LogP contribution in [0.25, 0.3) is 0 Å². The molecule has 1 N–H and O–H groups in total. The molecular weight excluding hydrogens is 324 g/mol. The highest BCUT2D eigenvalue weighted by Crippen LogP contribution is 2.11. The Kier molecular flexibility index (Phi) is 17.0. The van der Waals surface area contributed by atoms with Crippen molar-refractivity contribution in [1.82, 2.24) is 0 Å². The molecule has 0 aromatic heterocycles. The second kappa shape index (κ2) is 17.6. The van der Waals surface area contributed by atoms with Crippen LogP contribution < -0.4 is 0 Å². The Balaban J connectivity index is 3.25. The Morgan fingerprint density at radius 1 is 0.846 bits per heavy atom. The fourth-order valence-corrected chi connectivity index (χ4v) is 2.83. The van der Waals surface area contributed by atoms with Crippen molar-refractivity contribution in [3.05, 3.63) is 12.2 Å². The summed E-state index contributed by atoms with van der Waals surface area (Å²) in [5.74, 6) is -0.133. The maximum Gasteiger partial charge on any atom is 0.305 e.